The number of anilines is 1. The molecular weight excluding hydrogens is 236 g/mol. The van der Waals surface area contributed by atoms with Gasteiger partial charge in [-0.05, 0) is 17.6 Å². The van der Waals surface area contributed by atoms with Crippen LogP contribution < -0.4 is 5.32 Å². The average molecular weight is 244 g/mol. The minimum atomic E-state index is -0.219. The SMILES string of the molecule is O=C(Nc1cn[nH]c1)c1nsc2ccccc12. The van der Waals surface area contributed by atoms with E-state index in [-0.39, 0.29) is 5.91 Å². The molecule has 3 aromatic rings. The summed E-state index contributed by atoms with van der Waals surface area (Å²) in [6, 6.07) is 7.66. The molecule has 3 rings (SSSR count). The number of hydrogen-bond donors (Lipinski definition) is 2. The van der Waals surface area contributed by atoms with Crippen LogP contribution in [0.15, 0.2) is 36.7 Å². The molecule has 1 aromatic carbocycles. The smallest absolute Gasteiger partial charge is 0.276 e. The summed E-state index contributed by atoms with van der Waals surface area (Å²) < 4.78 is 5.18. The van der Waals surface area contributed by atoms with E-state index in [1.807, 2.05) is 24.3 Å². The summed E-state index contributed by atoms with van der Waals surface area (Å²) in [5, 5.41) is 10.00. The fourth-order valence-electron chi connectivity index (χ4n) is 1.56. The monoisotopic (exact) mass is 244 g/mol. The van der Waals surface area contributed by atoms with Crippen molar-refractivity contribution in [3.63, 3.8) is 0 Å². The molecule has 84 valence electrons. The first kappa shape index (κ1) is 9.98. The van der Waals surface area contributed by atoms with E-state index in [0.717, 1.165) is 10.1 Å². The molecule has 0 radical (unpaired) electrons. The minimum Gasteiger partial charge on any atom is -0.318 e. The number of carbonyl (C=O) groups is 1. The Balaban J connectivity index is 1.96. The standard InChI is InChI=1S/C11H8N4OS/c16-11(14-7-5-12-13-6-7)10-8-3-1-2-4-9(8)17-15-10/h1-6H,(H,12,13)(H,14,16). The molecule has 0 unspecified atom stereocenters. The minimum absolute atomic E-state index is 0.219. The summed E-state index contributed by atoms with van der Waals surface area (Å²) in [5.74, 6) is -0.219. The van der Waals surface area contributed by atoms with Crippen molar-refractivity contribution >= 4 is 33.2 Å². The van der Waals surface area contributed by atoms with E-state index in [1.165, 1.54) is 11.5 Å². The molecule has 2 heterocycles. The molecule has 6 heteroatoms. The van der Waals surface area contributed by atoms with Gasteiger partial charge in [0.2, 0.25) is 0 Å². The van der Waals surface area contributed by atoms with E-state index < -0.39 is 0 Å². The predicted octanol–water partition coefficient (Wildman–Crippen LogP) is 2.27. The maximum Gasteiger partial charge on any atom is 0.276 e. The Bertz CT molecular complexity index is 659. The maximum absolute atomic E-state index is 12.0. The van der Waals surface area contributed by atoms with Crippen LogP contribution in [0.4, 0.5) is 5.69 Å². The van der Waals surface area contributed by atoms with E-state index >= 15 is 0 Å². The van der Waals surface area contributed by atoms with Crippen LogP contribution in [-0.2, 0) is 0 Å². The number of aromatic nitrogens is 3. The molecule has 2 N–H and O–H groups in total. The lowest BCUT2D eigenvalue weighted by Crippen LogP contribution is -2.11. The number of carbonyl (C=O) groups excluding carboxylic acids is 1. The highest BCUT2D eigenvalue weighted by molar-refractivity contribution is 7.13. The van der Waals surface area contributed by atoms with Gasteiger partial charge in [0.15, 0.2) is 0 Å². The van der Waals surface area contributed by atoms with Gasteiger partial charge in [-0.3, -0.25) is 9.89 Å². The predicted molar refractivity (Wildman–Crippen MR) is 66.2 cm³/mol. The van der Waals surface area contributed by atoms with Gasteiger partial charge in [0.1, 0.15) is 5.69 Å². The van der Waals surface area contributed by atoms with E-state index in [4.69, 9.17) is 0 Å². The van der Waals surface area contributed by atoms with Gasteiger partial charge in [0.25, 0.3) is 5.91 Å². The lowest BCUT2D eigenvalue weighted by molar-refractivity contribution is 0.102. The summed E-state index contributed by atoms with van der Waals surface area (Å²) in [6.07, 6.45) is 3.17. The van der Waals surface area contributed by atoms with Gasteiger partial charge < -0.3 is 5.32 Å². The van der Waals surface area contributed by atoms with Crippen LogP contribution in [0, 0.1) is 0 Å². The van der Waals surface area contributed by atoms with E-state index in [1.54, 1.807) is 12.4 Å². The van der Waals surface area contributed by atoms with Crippen molar-refractivity contribution < 1.29 is 4.79 Å². The number of benzene rings is 1. The molecule has 2 aromatic heterocycles. The molecule has 0 saturated heterocycles. The van der Waals surface area contributed by atoms with Crippen molar-refractivity contribution in [2.45, 2.75) is 0 Å². The molecule has 5 nitrogen and oxygen atoms in total. The van der Waals surface area contributed by atoms with Gasteiger partial charge in [-0.1, -0.05) is 18.2 Å². The second-order valence-electron chi connectivity index (χ2n) is 3.47. The van der Waals surface area contributed by atoms with Crippen molar-refractivity contribution in [1.82, 2.24) is 14.6 Å². The highest BCUT2D eigenvalue weighted by Crippen LogP contribution is 2.22. The Morgan fingerprint density at radius 1 is 1.35 bits per heavy atom. The third-order valence-corrected chi connectivity index (χ3v) is 3.18. The van der Waals surface area contributed by atoms with Gasteiger partial charge in [-0.25, -0.2) is 0 Å². The van der Waals surface area contributed by atoms with Crippen LogP contribution >= 0.6 is 11.5 Å². The topological polar surface area (TPSA) is 70.7 Å². The molecule has 0 aliphatic heterocycles. The van der Waals surface area contributed by atoms with Crippen molar-refractivity contribution in [3.8, 4) is 0 Å². The van der Waals surface area contributed by atoms with Crippen molar-refractivity contribution in [1.29, 1.82) is 0 Å². The van der Waals surface area contributed by atoms with Crippen LogP contribution in [-0.4, -0.2) is 20.5 Å². The van der Waals surface area contributed by atoms with Gasteiger partial charge in [-0.15, -0.1) is 0 Å². The maximum atomic E-state index is 12.0. The van der Waals surface area contributed by atoms with Crippen molar-refractivity contribution in [3.05, 3.63) is 42.4 Å². The van der Waals surface area contributed by atoms with Crippen LogP contribution in [0.5, 0.6) is 0 Å². The molecule has 0 aliphatic rings. The third-order valence-electron chi connectivity index (χ3n) is 2.35. The van der Waals surface area contributed by atoms with Crippen LogP contribution in [0.3, 0.4) is 0 Å². The first-order valence-corrected chi connectivity index (χ1v) is 5.76. The molecule has 0 bridgehead atoms. The van der Waals surface area contributed by atoms with Crippen LogP contribution in [0.25, 0.3) is 10.1 Å². The highest BCUT2D eigenvalue weighted by Gasteiger charge is 2.14. The number of hydrogen-bond acceptors (Lipinski definition) is 4. The fraction of sp³-hybridized carbons (Fsp3) is 0. The number of amides is 1. The third kappa shape index (κ3) is 1.78. The van der Waals surface area contributed by atoms with Gasteiger partial charge in [0.05, 0.1) is 16.6 Å². The number of H-pyrrole nitrogens is 1. The summed E-state index contributed by atoms with van der Waals surface area (Å²) in [7, 11) is 0. The van der Waals surface area contributed by atoms with Crippen LogP contribution in [0.2, 0.25) is 0 Å². The Labute approximate surface area is 101 Å². The van der Waals surface area contributed by atoms with Crippen molar-refractivity contribution in [2.75, 3.05) is 5.32 Å². The Kier molecular flexibility index (Phi) is 2.34. The van der Waals surface area contributed by atoms with Gasteiger partial charge in [-0.2, -0.15) is 9.47 Å². The molecule has 0 fully saturated rings. The molecule has 0 spiro atoms. The quantitative estimate of drug-likeness (QED) is 0.726. The molecular formula is C11H8N4OS. The number of fused-ring (bicyclic) bond motifs is 1. The number of nitrogens with zero attached hydrogens (tertiary/aromatic N) is 2. The van der Waals surface area contributed by atoms with E-state index in [9.17, 15) is 4.79 Å². The zero-order valence-corrected chi connectivity index (χ0v) is 9.49. The number of rotatable bonds is 2. The largest absolute Gasteiger partial charge is 0.318 e. The second kappa shape index (κ2) is 3.99. The molecule has 0 aliphatic carbocycles. The average Bonchev–Trinajstić information content (AvgIpc) is 2.96. The number of nitrogens with one attached hydrogen (secondary N) is 2. The molecule has 0 atom stereocenters. The lowest BCUT2D eigenvalue weighted by atomic mass is 10.2. The normalized spacial score (nSPS) is 10.6. The first-order valence-electron chi connectivity index (χ1n) is 4.99. The molecule has 17 heavy (non-hydrogen) atoms. The second-order valence-corrected chi connectivity index (χ2v) is 4.27. The van der Waals surface area contributed by atoms with E-state index in [2.05, 4.69) is 19.9 Å². The van der Waals surface area contributed by atoms with Gasteiger partial charge >= 0.3 is 0 Å². The highest BCUT2D eigenvalue weighted by atomic mass is 32.1. The molecule has 1 amide bonds. The zero-order valence-electron chi connectivity index (χ0n) is 8.68. The van der Waals surface area contributed by atoms with Gasteiger partial charge in [0, 0.05) is 11.6 Å². The van der Waals surface area contributed by atoms with E-state index in [0.29, 0.717) is 11.4 Å². The van der Waals surface area contributed by atoms with Crippen molar-refractivity contribution in [2.24, 2.45) is 0 Å². The zero-order chi connectivity index (χ0) is 11.7. The summed E-state index contributed by atoms with van der Waals surface area (Å²) in [4.78, 5) is 12.0. The Hall–Kier alpha value is -2.21. The first-order chi connectivity index (χ1) is 8.34. The molecule has 0 saturated carbocycles. The summed E-state index contributed by atoms with van der Waals surface area (Å²) in [5.41, 5.74) is 1.08. The van der Waals surface area contributed by atoms with Crippen LogP contribution in [0.1, 0.15) is 10.5 Å². The number of aromatic amines is 1. The fourth-order valence-corrected chi connectivity index (χ4v) is 2.33. The Morgan fingerprint density at radius 2 is 2.24 bits per heavy atom. The Morgan fingerprint density at radius 3 is 3.06 bits per heavy atom. The summed E-state index contributed by atoms with van der Waals surface area (Å²) in [6.45, 7) is 0. The lowest BCUT2D eigenvalue weighted by Gasteiger charge is -1.98. The summed E-state index contributed by atoms with van der Waals surface area (Å²) >= 11 is 1.32.